The molecule has 0 saturated carbocycles. The zero-order valence-electron chi connectivity index (χ0n) is 22.8. The van der Waals surface area contributed by atoms with Gasteiger partial charge in [0.05, 0.1) is 19.1 Å². The second kappa shape index (κ2) is 14.2. The highest BCUT2D eigenvalue weighted by Gasteiger charge is 2.21. The molecule has 206 valence electrons. The predicted octanol–water partition coefficient (Wildman–Crippen LogP) is 5.21. The molecule has 3 aromatic carbocycles. The predicted molar refractivity (Wildman–Crippen MR) is 159 cm³/mol. The molecule has 0 radical (unpaired) electrons. The number of benzene rings is 3. The molecule has 0 aliphatic heterocycles. The topological polar surface area (TPSA) is 89.6 Å². The number of hydrogen-bond acceptors (Lipinski definition) is 6. The molecule has 0 saturated heterocycles. The van der Waals surface area contributed by atoms with E-state index in [-0.39, 0.29) is 17.6 Å². The average molecular weight is 556 g/mol. The van der Waals surface area contributed by atoms with Gasteiger partial charge in [-0.05, 0) is 47.4 Å². The first-order valence-electron chi connectivity index (χ1n) is 12.9. The number of carbonyl (C=O) groups excluding carboxylic acids is 2. The van der Waals surface area contributed by atoms with Gasteiger partial charge < -0.3 is 20.1 Å². The Labute approximate surface area is 239 Å². The molecule has 2 N–H and O–H groups in total. The number of likely N-dealkylation sites (N-methyl/N-ethyl adjacent to an activating group) is 1. The van der Waals surface area contributed by atoms with E-state index in [2.05, 4.69) is 15.6 Å². The van der Waals surface area contributed by atoms with Crippen LogP contribution in [0.2, 0.25) is 0 Å². The summed E-state index contributed by atoms with van der Waals surface area (Å²) >= 11 is 1.41. The second-order valence-electron chi connectivity index (χ2n) is 9.21. The molecule has 0 aliphatic rings. The summed E-state index contributed by atoms with van der Waals surface area (Å²) in [6.07, 6.45) is 3.83. The summed E-state index contributed by atoms with van der Waals surface area (Å²) < 4.78 is 11.4. The van der Waals surface area contributed by atoms with Gasteiger partial charge in [0, 0.05) is 30.1 Å². The van der Waals surface area contributed by atoms with E-state index >= 15 is 0 Å². The zero-order valence-corrected chi connectivity index (χ0v) is 23.7. The van der Waals surface area contributed by atoms with E-state index in [0.717, 1.165) is 38.5 Å². The van der Waals surface area contributed by atoms with E-state index in [9.17, 15) is 9.59 Å². The summed E-state index contributed by atoms with van der Waals surface area (Å²) in [4.78, 5) is 30.8. The number of rotatable bonds is 12. The second-order valence-corrected chi connectivity index (χ2v) is 10.2. The fourth-order valence-electron chi connectivity index (χ4n) is 4.21. The van der Waals surface area contributed by atoms with Crippen LogP contribution in [0.15, 0.2) is 96.2 Å². The lowest BCUT2D eigenvalue weighted by atomic mass is 10.0. The highest BCUT2D eigenvalue weighted by atomic mass is 32.2. The molecule has 0 aliphatic carbocycles. The Kier molecular flexibility index (Phi) is 10.2. The Hall–Kier alpha value is -4.30. The largest absolute Gasteiger partial charge is 0.496 e. The van der Waals surface area contributed by atoms with Gasteiger partial charge >= 0.3 is 0 Å². The van der Waals surface area contributed by atoms with Crippen LogP contribution in [0.1, 0.15) is 16.7 Å². The summed E-state index contributed by atoms with van der Waals surface area (Å²) in [6.45, 7) is 2.41. The molecule has 2 amide bonds. The Bertz CT molecular complexity index is 1450. The number of aromatic nitrogens is 1. The van der Waals surface area contributed by atoms with Gasteiger partial charge in [-0.1, -0.05) is 60.7 Å². The molecule has 4 rings (SSSR count). The number of thioether (sulfide) groups is 1. The third-order valence-electron chi connectivity index (χ3n) is 6.33. The number of aryl methyl sites for hydroxylation is 1. The highest BCUT2D eigenvalue weighted by molar-refractivity contribution is 8.00. The van der Waals surface area contributed by atoms with Gasteiger partial charge in [-0.3, -0.25) is 14.6 Å². The van der Waals surface area contributed by atoms with Crippen molar-refractivity contribution in [1.29, 1.82) is 0 Å². The molecule has 8 heteroatoms. The maximum absolute atomic E-state index is 13.0. The zero-order chi connectivity index (χ0) is 28.3. The molecular formula is C32H33N3O4S. The molecule has 0 fully saturated rings. The monoisotopic (exact) mass is 555 g/mol. The van der Waals surface area contributed by atoms with Crippen LogP contribution in [0.25, 0.3) is 11.1 Å². The Balaban J connectivity index is 1.41. The minimum absolute atomic E-state index is 0.152. The number of hydrogen-bond donors (Lipinski definition) is 2. The van der Waals surface area contributed by atoms with Crippen molar-refractivity contribution >= 4 is 23.6 Å². The van der Waals surface area contributed by atoms with Crippen molar-refractivity contribution in [2.75, 3.05) is 19.9 Å². The van der Waals surface area contributed by atoms with Gasteiger partial charge in [0.1, 0.15) is 24.1 Å². The lowest BCUT2D eigenvalue weighted by molar-refractivity contribution is -0.127. The van der Waals surface area contributed by atoms with Crippen molar-refractivity contribution in [3.63, 3.8) is 0 Å². The molecule has 1 aromatic heterocycles. The summed E-state index contributed by atoms with van der Waals surface area (Å²) in [7, 11) is 3.18. The quantitative estimate of drug-likeness (QED) is 0.233. The molecule has 40 heavy (non-hydrogen) atoms. The smallest absolute Gasteiger partial charge is 0.242 e. The summed E-state index contributed by atoms with van der Waals surface area (Å²) in [5.41, 5.74) is 4.83. The van der Waals surface area contributed by atoms with Gasteiger partial charge in [0.2, 0.25) is 11.8 Å². The average Bonchev–Trinajstić information content (AvgIpc) is 3.00. The SMILES string of the molecule is CNC(=O)[C@H](Cc1ccc(C)c(OC)c1)NC(=O)CSc1ccccc1-c1cncc(OCc2ccccc2)c1. The van der Waals surface area contributed by atoms with E-state index in [1.165, 1.54) is 11.8 Å². The minimum atomic E-state index is -0.705. The van der Waals surface area contributed by atoms with E-state index in [1.54, 1.807) is 26.6 Å². The lowest BCUT2D eigenvalue weighted by Gasteiger charge is -2.18. The van der Waals surface area contributed by atoms with Gasteiger partial charge in [-0.2, -0.15) is 0 Å². The van der Waals surface area contributed by atoms with E-state index in [0.29, 0.717) is 18.8 Å². The van der Waals surface area contributed by atoms with Crippen molar-refractivity contribution in [3.05, 3.63) is 108 Å². The molecule has 1 atom stereocenters. The highest BCUT2D eigenvalue weighted by Crippen LogP contribution is 2.32. The van der Waals surface area contributed by atoms with Gasteiger partial charge in [0.25, 0.3) is 0 Å². The van der Waals surface area contributed by atoms with Crippen LogP contribution in [0.4, 0.5) is 0 Å². The molecule has 1 heterocycles. The van der Waals surface area contributed by atoms with Crippen LogP contribution in [0.3, 0.4) is 0 Å². The number of pyridine rings is 1. The summed E-state index contributed by atoms with van der Waals surface area (Å²) in [6, 6.07) is 24.8. The molecule has 4 aromatic rings. The van der Waals surface area contributed by atoms with E-state index in [4.69, 9.17) is 9.47 Å². The van der Waals surface area contributed by atoms with Gasteiger partial charge in [-0.25, -0.2) is 0 Å². The van der Waals surface area contributed by atoms with Crippen LogP contribution >= 0.6 is 11.8 Å². The maximum Gasteiger partial charge on any atom is 0.242 e. The van der Waals surface area contributed by atoms with Gasteiger partial charge in [-0.15, -0.1) is 11.8 Å². The van der Waals surface area contributed by atoms with Gasteiger partial charge in [0.15, 0.2) is 0 Å². The Morgan fingerprint density at radius 3 is 2.50 bits per heavy atom. The first-order valence-corrected chi connectivity index (χ1v) is 13.9. The van der Waals surface area contributed by atoms with Crippen molar-refractivity contribution < 1.29 is 19.1 Å². The van der Waals surface area contributed by atoms with Crippen LogP contribution < -0.4 is 20.1 Å². The lowest BCUT2D eigenvalue weighted by Crippen LogP contribution is -2.47. The summed E-state index contributed by atoms with van der Waals surface area (Å²) in [5, 5.41) is 5.54. The fourth-order valence-corrected chi connectivity index (χ4v) is 5.09. The van der Waals surface area contributed by atoms with Crippen LogP contribution in [0.5, 0.6) is 11.5 Å². The van der Waals surface area contributed by atoms with Crippen LogP contribution in [-0.2, 0) is 22.6 Å². The number of methoxy groups -OCH3 is 1. The fraction of sp³-hybridized carbons (Fsp3) is 0.219. The third-order valence-corrected chi connectivity index (χ3v) is 7.40. The first-order chi connectivity index (χ1) is 19.5. The minimum Gasteiger partial charge on any atom is -0.496 e. The number of ether oxygens (including phenoxy) is 2. The number of nitrogens with one attached hydrogen (secondary N) is 2. The Morgan fingerprint density at radius 1 is 0.950 bits per heavy atom. The first kappa shape index (κ1) is 28.7. The Morgan fingerprint density at radius 2 is 1.73 bits per heavy atom. The van der Waals surface area contributed by atoms with Crippen molar-refractivity contribution in [1.82, 2.24) is 15.6 Å². The van der Waals surface area contributed by atoms with Crippen LogP contribution in [0, 0.1) is 6.92 Å². The van der Waals surface area contributed by atoms with E-state index < -0.39 is 6.04 Å². The van der Waals surface area contributed by atoms with Crippen molar-refractivity contribution in [2.24, 2.45) is 0 Å². The molecular weight excluding hydrogens is 522 g/mol. The molecule has 0 unspecified atom stereocenters. The molecule has 0 bridgehead atoms. The third kappa shape index (κ3) is 7.86. The number of nitrogens with zero attached hydrogens (tertiary/aromatic N) is 1. The molecule has 7 nitrogen and oxygen atoms in total. The van der Waals surface area contributed by atoms with Crippen LogP contribution in [-0.4, -0.2) is 42.8 Å². The van der Waals surface area contributed by atoms with Crippen molar-refractivity contribution in [3.8, 4) is 22.6 Å². The van der Waals surface area contributed by atoms with E-state index in [1.807, 2.05) is 85.8 Å². The number of amides is 2. The number of carbonyl (C=O) groups is 2. The molecule has 0 spiro atoms. The summed E-state index contributed by atoms with van der Waals surface area (Å²) in [5.74, 6) is 1.08. The maximum atomic E-state index is 13.0. The van der Waals surface area contributed by atoms with Crippen molar-refractivity contribution in [2.45, 2.75) is 30.9 Å². The standard InChI is InChI=1S/C32H33N3O4S/c1-22-13-14-24(16-29(22)38-3)15-28(32(37)33-2)35-31(36)21-40-30-12-8-7-11-27(30)25-17-26(19-34-18-25)39-20-23-9-5-4-6-10-23/h4-14,16-19,28H,15,20-21H2,1-3H3,(H,33,37)(H,35,36)/t28-/m0/s1. The normalized spacial score (nSPS) is 11.4.